The Bertz CT molecular complexity index is 579. The van der Waals surface area contributed by atoms with Crippen LogP contribution in [0.15, 0.2) is 36.5 Å². The van der Waals surface area contributed by atoms with E-state index in [9.17, 15) is 0 Å². The highest BCUT2D eigenvalue weighted by Gasteiger charge is 2.23. The predicted octanol–water partition coefficient (Wildman–Crippen LogP) is 2.45. The summed E-state index contributed by atoms with van der Waals surface area (Å²) >= 11 is 0. The lowest BCUT2D eigenvalue weighted by Gasteiger charge is -2.17. The molecule has 0 amide bonds. The molecule has 106 valence electrons. The van der Waals surface area contributed by atoms with Gasteiger partial charge in [0.2, 0.25) is 0 Å². The number of para-hydroxylation sites is 1. The van der Waals surface area contributed by atoms with Gasteiger partial charge in [0.25, 0.3) is 0 Å². The largest absolute Gasteiger partial charge is 0.377 e. The third-order valence-electron chi connectivity index (χ3n) is 3.89. The van der Waals surface area contributed by atoms with Crippen LogP contribution in [0.1, 0.15) is 24.6 Å². The summed E-state index contributed by atoms with van der Waals surface area (Å²) in [7, 11) is 0. The van der Waals surface area contributed by atoms with Crippen molar-refractivity contribution in [3.63, 3.8) is 0 Å². The summed E-state index contributed by atoms with van der Waals surface area (Å²) in [6.07, 6.45) is 3.40. The first-order chi connectivity index (χ1) is 9.74. The maximum Gasteiger partial charge on any atom is 0.0700 e. The van der Waals surface area contributed by atoms with Gasteiger partial charge in [-0.15, -0.1) is 0 Å². The Kier molecular flexibility index (Phi) is 3.85. The fraction of sp³-hybridized carbons (Fsp3) is 0.438. The third-order valence-corrected chi connectivity index (χ3v) is 3.89. The Balaban J connectivity index is 1.76. The minimum absolute atomic E-state index is 0.300. The van der Waals surface area contributed by atoms with Crippen LogP contribution in [0.5, 0.6) is 0 Å². The molecule has 0 bridgehead atoms. The fourth-order valence-corrected chi connectivity index (χ4v) is 2.67. The van der Waals surface area contributed by atoms with Crippen molar-refractivity contribution in [2.45, 2.75) is 39.0 Å². The Morgan fingerprint density at radius 1 is 1.35 bits per heavy atom. The normalized spacial score (nSPS) is 22.3. The average Bonchev–Trinajstić information content (AvgIpc) is 3.06. The Morgan fingerprint density at radius 2 is 2.20 bits per heavy atom. The summed E-state index contributed by atoms with van der Waals surface area (Å²) in [5.41, 5.74) is 3.43. The monoisotopic (exact) mass is 271 g/mol. The first kappa shape index (κ1) is 13.3. The summed E-state index contributed by atoms with van der Waals surface area (Å²) in [6, 6.07) is 10.9. The van der Waals surface area contributed by atoms with Crippen molar-refractivity contribution in [1.29, 1.82) is 0 Å². The quantitative estimate of drug-likeness (QED) is 0.928. The lowest BCUT2D eigenvalue weighted by atomic mass is 10.1. The summed E-state index contributed by atoms with van der Waals surface area (Å²) < 4.78 is 7.54. The number of nitrogens with zero attached hydrogens (tertiary/aromatic N) is 2. The van der Waals surface area contributed by atoms with E-state index < -0.39 is 0 Å². The zero-order valence-electron chi connectivity index (χ0n) is 12.0. The zero-order valence-corrected chi connectivity index (χ0v) is 12.0. The van der Waals surface area contributed by atoms with Crippen LogP contribution in [0.4, 0.5) is 0 Å². The number of hydrogen-bond acceptors (Lipinski definition) is 3. The minimum Gasteiger partial charge on any atom is -0.377 e. The van der Waals surface area contributed by atoms with E-state index in [0.717, 1.165) is 31.0 Å². The van der Waals surface area contributed by atoms with E-state index in [1.807, 2.05) is 23.9 Å². The van der Waals surface area contributed by atoms with Gasteiger partial charge in [0, 0.05) is 25.4 Å². The van der Waals surface area contributed by atoms with Crippen LogP contribution in [0.2, 0.25) is 0 Å². The van der Waals surface area contributed by atoms with E-state index in [1.165, 1.54) is 5.56 Å². The maximum atomic E-state index is 5.59. The Hall–Kier alpha value is -1.65. The summed E-state index contributed by atoms with van der Waals surface area (Å²) in [4.78, 5) is 0. The van der Waals surface area contributed by atoms with Crippen molar-refractivity contribution in [3.05, 3.63) is 47.8 Å². The molecule has 1 N–H and O–H groups in total. The second-order valence-electron chi connectivity index (χ2n) is 5.38. The molecule has 2 atom stereocenters. The molecule has 1 aliphatic heterocycles. The van der Waals surface area contributed by atoms with Crippen molar-refractivity contribution in [3.8, 4) is 5.69 Å². The molecule has 2 heterocycles. The van der Waals surface area contributed by atoms with Gasteiger partial charge in [0.15, 0.2) is 0 Å². The molecule has 0 aliphatic carbocycles. The summed E-state index contributed by atoms with van der Waals surface area (Å²) in [6.45, 7) is 5.84. The van der Waals surface area contributed by atoms with Crippen molar-refractivity contribution in [2.24, 2.45) is 0 Å². The molecular weight excluding hydrogens is 250 g/mol. The molecule has 0 spiro atoms. The molecule has 3 rings (SSSR count). The first-order valence-corrected chi connectivity index (χ1v) is 7.19. The number of benzene rings is 1. The molecular formula is C16H21N3O. The van der Waals surface area contributed by atoms with E-state index in [-0.39, 0.29) is 0 Å². The molecule has 1 aromatic carbocycles. The molecule has 0 unspecified atom stereocenters. The van der Waals surface area contributed by atoms with Gasteiger partial charge in [-0.25, -0.2) is 4.68 Å². The van der Waals surface area contributed by atoms with E-state index in [0.29, 0.717) is 12.1 Å². The highest BCUT2D eigenvalue weighted by molar-refractivity contribution is 5.40. The van der Waals surface area contributed by atoms with E-state index >= 15 is 0 Å². The highest BCUT2D eigenvalue weighted by atomic mass is 16.5. The third kappa shape index (κ3) is 2.76. The SMILES string of the molecule is Cc1ccn(-c2ccccc2CN[C@H]2CCO[C@@H]2C)n1. The van der Waals surface area contributed by atoms with Crippen LogP contribution in [0.25, 0.3) is 5.69 Å². The van der Waals surface area contributed by atoms with Gasteiger partial charge in [0.1, 0.15) is 0 Å². The molecule has 0 radical (unpaired) electrons. The number of aryl methyl sites for hydroxylation is 1. The zero-order chi connectivity index (χ0) is 13.9. The molecule has 2 aromatic rings. The number of nitrogens with one attached hydrogen (secondary N) is 1. The van der Waals surface area contributed by atoms with Gasteiger partial charge in [-0.2, -0.15) is 5.10 Å². The highest BCUT2D eigenvalue weighted by Crippen LogP contribution is 2.17. The second kappa shape index (κ2) is 5.77. The van der Waals surface area contributed by atoms with Crippen molar-refractivity contribution >= 4 is 0 Å². The smallest absolute Gasteiger partial charge is 0.0700 e. The number of aromatic nitrogens is 2. The fourth-order valence-electron chi connectivity index (χ4n) is 2.67. The first-order valence-electron chi connectivity index (χ1n) is 7.19. The van der Waals surface area contributed by atoms with Crippen molar-refractivity contribution < 1.29 is 4.74 Å². The lowest BCUT2D eigenvalue weighted by Crippen LogP contribution is -2.34. The molecule has 1 saturated heterocycles. The molecule has 20 heavy (non-hydrogen) atoms. The van der Waals surface area contributed by atoms with Gasteiger partial charge >= 0.3 is 0 Å². The number of hydrogen-bond donors (Lipinski definition) is 1. The van der Waals surface area contributed by atoms with Crippen LogP contribution in [0.3, 0.4) is 0 Å². The van der Waals surface area contributed by atoms with Gasteiger partial charge in [-0.05, 0) is 38.0 Å². The topological polar surface area (TPSA) is 39.1 Å². The van der Waals surface area contributed by atoms with Crippen LogP contribution in [-0.4, -0.2) is 28.5 Å². The summed E-state index contributed by atoms with van der Waals surface area (Å²) in [5, 5.41) is 8.10. The van der Waals surface area contributed by atoms with Crippen LogP contribution in [0, 0.1) is 6.92 Å². The molecule has 1 aliphatic rings. The van der Waals surface area contributed by atoms with E-state index in [4.69, 9.17) is 4.74 Å². The number of rotatable bonds is 4. The molecule has 0 saturated carbocycles. The minimum atomic E-state index is 0.300. The Labute approximate surface area is 119 Å². The van der Waals surface area contributed by atoms with Gasteiger partial charge in [-0.1, -0.05) is 18.2 Å². The standard InChI is InChI=1S/C16H21N3O/c1-12-7-9-19(18-12)16-6-4-3-5-14(16)11-17-15-8-10-20-13(15)2/h3-7,9,13,15,17H,8,10-11H2,1-2H3/t13-,15+/m1/s1. The Morgan fingerprint density at radius 3 is 2.90 bits per heavy atom. The van der Waals surface area contributed by atoms with Crippen molar-refractivity contribution in [1.82, 2.24) is 15.1 Å². The second-order valence-corrected chi connectivity index (χ2v) is 5.38. The van der Waals surface area contributed by atoms with Crippen molar-refractivity contribution in [2.75, 3.05) is 6.61 Å². The van der Waals surface area contributed by atoms with Crippen LogP contribution >= 0.6 is 0 Å². The summed E-state index contributed by atoms with van der Waals surface area (Å²) in [5.74, 6) is 0. The maximum absolute atomic E-state index is 5.59. The van der Waals surface area contributed by atoms with Gasteiger partial charge in [-0.3, -0.25) is 0 Å². The van der Waals surface area contributed by atoms with E-state index in [2.05, 4.69) is 41.6 Å². The lowest BCUT2D eigenvalue weighted by molar-refractivity contribution is 0.113. The molecule has 1 fully saturated rings. The van der Waals surface area contributed by atoms with Crippen LogP contribution < -0.4 is 5.32 Å². The molecule has 4 heteroatoms. The molecule has 4 nitrogen and oxygen atoms in total. The molecule has 1 aromatic heterocycles. The van der Waals surface area contributed by atoms with Gasteiger partial charge < -0.3 is 10.1 Å². The van der Waals surface area contributed by atoms with Gasteiger partial charge in [0.05, 0.1) is 17.5 Å². The number of ether oxygens (including phenoxy) is 1. The predicted molar refractivity (Wildman–Crippen MR) is 79.0 cm³/mol. The van der Waals surface area contributed by atoms with E-state index in [1.54, 1.807) is 0 Å². The van der Waals surface area contributed by atoms with Crippen LogP contribution in [-0.2, 0) is 11.3 Å². The average molecular weight is 271 g/mol.